The molecule has 1 saturated carbocycles. The summed E-state index contributed by atoms with van der Waals surface area (Å²) in [6, 6.07) is 4.64. The lowest BCUT2D eigenvalue weighted by Gasteiger charge is -2.30. The zero-order valence-corrected chi connectivity index (χ0v) is 13.5. The van der Waals surface area contributed by atoms with Crippen LogP contribution in [0.3, 0.4) is 0 Å². The van der Waals surface area contributed by atoms with Crippen molar-refractivity contribution in [3.63, 3.8) is 0 Å². The first kappa shape index (κ1) is 16.3. The molecule has 1 amide bonds. The van der Waals surface area contributed by atoms with Gasteiger partial charge in [0.05, 0.1) is 5.56 Å². The first-order valence-electron chi connectivity index (χ1n) is 6.83. The highest BCUT2D eigenvalue weighted by Gasteiger charge is 2.41. The number of hydrogen-bond acceptors (Lipinski definition) is 1. The molecule has 1 fully saturated rings. The van der Waals surface area contributed by atoms with E-state index in [4.69, 9.17) is 0 Å². The number of hydrogen-bond donors (Lipinski definition) is 0. The third-order valence-corrected chi connectivity index (χ3v) is 4.42. The summed E-state index contributed by atoms with van der Waals surface area (Å²) in [6.45, 7) is 2.35. The van der Waals surface area contributed by atoms with Gasteiger partial charge in [-0.1, -0.05) is 6.07 Å². The third kappa shape index (κ3) is 4.22. The van der Waals surface area contributed by atoms with E-state index >= 15 is 0 Å². The monoisotopic (exact) mass is 363 g/mol. The van der Waals surface area contributed by atoms with Crippen molar-refractivity contribution >= 4 is 21.8 Å². The number of aryl methyl sites for hydroxylation is 1. The quantitative estimate of drug-likeness (QED) is 0.767. The molecule has 0 spiro atoms. The second-order valence-corrected chi connectivity index (χ2v) is 6.46. The molecule has 116 valence electrons. The van der Waals surface area contributed by atoms with Crippen LogP contribution >= 0.6 is 15.9 Å². The minimum atomic E-state index is -4.39. The number of amides is 1. The SMILES string of the molecule is Cc1ccc(C(=O)N(CC(F)(F)F)C(C)C2CC2)c(Br)c1. The molecular weight excluding hydrogens is 347 g/mol. The van der Waals surface area contributed by atoms with E-state index in [1.54, 1.807) is 25.1 Å². The van der Waals surface area contributed by atoms with Gasteiger partial charge in [-0.25, -0.2) is 0 Å². The molecule has 0 bridgehead atoms. The molecule has 2 nitrogen and oxygen atoms in total. The summed E-state index contributed by atoms with van der Waals surface area (Å²) in [4.78, 5) is 13.5. The predicted octanol–water partition coefficient (Wildman–Crippen LogP) is 4.56. The Morgan fingerprint density at radius 2 is 2.05 bits per heavy atom. The molecule has 1 aromatic rings. The Balaban J connectivity index is 2.28. The van der Waals surface area contributed by atoms with Gasteiger partial charge in [-0.15, -0.1) is 0 Å². The van der Waals surface area contributed by atoms with Gasteiger partial charge in [-0.05, 0) is 66.2 Å². The van der Waals surface area contributed by atoms with Crippen LogP contribution in [-0.2, 0) is 0 Å². The van der Waals surface area contributed by atoms with Crippen molar-refractivity contribution in [2.24, 2.45) is 5.92 Å². The number of rotatable bonds is 4. The Hall–Kier alpha value is -1.04. The van der Waals surface area contributed by atoms with Crippen molar-refractivity contribution in [3.05, 3.63) is 33.8 Å². The summed E-state index contributed by atoms with van der Waals surface area (Å²) in [7, 11) is 0. The average molecular weight is 364 g/mol. The first-order valence-corrected chi connectivity index (χ1v) is 7.62. The highest BCUT2D eigenvalue weighted by molar-refractivity contribution is 9.10. The zero-order chi connectivity index (χ0) is 15.8. The number of benzene rings is 1. The van der Waals surface area contributed by atoms with Gasteiger partial charge in [0.1, 0.15) is 6.54 Å². The van der Waals surface area contributed by atoms with Crippen LogP contribution in [-0.4, -0.2) is 29.6 Å². The maximum absolute atomic E-state index is 12.8. The van der Waals surface area contributed by atoms with Gasteiger partial charge in [-0.3, -0.25) is 4.79 Å². The molecule has 1 atom stereocenters. The maximum atomic E-state index is 12.8. The van der Waals surface area contributed by atoms with Crippen LogP contribution in [0.25, 0.3) is 0 Å². The van der Waals surface area contributed by atoms with Crippen molar-refractivity contribution in [2.75, 3.05) is 6.54 Å². The van der Waals surface area contributed by atoms with Crippen LogP contribution in [0.1, 0.15) is 35.7 Å². The molecule has 1 aromatic carbocycles. The highest BCUT2D eigenvalue weighted by atomic mass is 79.9. The summed E-state index contributed by atoms with van der Waals surface area (Å²) in [5, 5.41) is 0. The standard InChI is InChI=1S/C15H17BrF3NO/c1-9-3-6-12(13(16)7-9)14(21)20(8-15(17,18)19)10(2)11-4-5-11/h3,6-7,10-11H,4-5,8H2,1-2H3. The van der Waals surface area contributed by atoms with E-state index in [-0.39, 0.29) is 11.5 Å². The lowest BCUT2D eigenvalue weighted by molar-refractivity contribution is -0.144. The van der Waals surface area contributed by atoms with Gasteiger partial charge in [0.2, 0.25) is 0 Å². The zero-order valence-electron chi connectivity index (χ0n) is 11.9. The second kappa shape index (κ2) is 5.99. The lowest BCUT2D eigenvalue weighted by Crippen LogP contribution is -2.45. The average Bonchev–Trinajstić information content (AvgIpc) is 3.17. The smallest absolute Gasteiger partial charge is 0.327 e. The van der Waals surface area contributed by atoms with Gasteiger partial charge >= 0.3 is 6.18 Å². The van der Waals surface area contributed by atoms with Crippen LogP contribution in [0.5, 0.6) is 0 Å². The topological polar surface area (TPSA) is 20.3 Å². The molecule has 1 aliphatic carbocycles. The number of halogens is 4. The number of carbonyl (C=O) groups is 1. The number of carbonyl (C=O) groups excluding carboxylic acids is 1. The summed E-state index contributed by atoms with van der Waals surface area (Å²) in [5.74, 6) is -0.390. The minimum Gasteiger partial charge on any atom is -0.327 e. The van der Waals surface area contributed by atoms with Crippen molar-refractivity contribution in [1.82, 2.24) is 4.90 Å². The van der Waals surface area contributed by atoms with Gasteiger partial charge < -0.3 is 4.90 Å². The van der Waals surface area contributed by atoms with Crippen LogP contribution in [0.15, 0.2) is 22.7 Å². The molecule has 1 aliphatic rings. The second-order valence-electron chi connectivity index (χ2n) is 5.61. The maximum Gasteiger partial charge on any atom is 0.406 e. The van der Waals surface area contributed by atoms with E-state index < -0.39 is 24.7 Å². The van der Waals surface area contributed by atoms with Crippen molar-refractivity contribution in [1.29, 1.82) is 0 Å². The fraction of sp³-hybridized carbons (Fsp3) is 0.533. The summed E-state index contributed by atoms with van der Waals surface area (Å²) in [5.41, 5.74) is 1.22. The molecule has 21 heavy (non-hydrogen) atoms. The number of alkyl halides is 3. The van der Waals surface area contributed by atoms with E-state index in [0.29, 0.717) is 4.47 Å². The largest absolute Gasteiger partial charge is 0.406 e. The van der Waals surface area contributed by atoms with Crippen LogP contribution in [0.4, 0.5) is 13.2 Å². The van der Waals surface area contributed by atoms with Gasteiger partial charge in [0.15, 0.2) is 0 Å². The minimum absolute atomic E-state index is 0.181. The van der Waals surface area contributed by atoms with Crippen LogP contribution in [0.2, 0.25) is 0 Å². The molecule has 0 N–H and O–H groups in total. The molecule has 6 heteroatoms. The molecular formula is C15H17BrF3NO. The Morgan fingerprint density at radius 3 is 2.52 bits per heavy atom. The Morgan fingerprint density at radius 1 is 1.43 bits per heavy atom. The summed E-state index contributed by atoms with van der Waals surface area (Å²) in [6.07, 6.45) is -2.62. The predicted molar refractivity (Wildman–Crippen MR) is 78.2 cm³/mol. The van der Waals surface area contributed by atoms with E-state index in [9.17, 15) is 18.0 Å². The fourth-order valence-corrected chi connectivity index (χ4v) is 3.04. The van der Waals surface area contributed by atoms with E-state index in [2.05, 4.69) is 15.9 Å². The Labute approximate surface area is 130 Å². The Kier molecular flexibility index (Phi) is 4.66. The van der Waals surface area contributed by atoms with Crippen LogP contribution < -0.4 is 0 Å². The molecule has 2 rings (SSSR count). The van der Waals surface area contributed by atoms with Crippen molar-refractivity contribution in [2.45, 2.75) is 38.9 Å². The molecule has 0 heterocycles. The molecule has 1 unspecified atom stereocenters. The molecule has 0 radical (unpaired) electrons. The molecule has 0 aromatic heterocycles. The van der Waals surface area contributed by atoms with Gasteiger partial charge in [0.25, 0.3) is 5.91 Å². The first-order chi connectivity index (χ1) is 9.69. The lowest BCUT2D eigenvalue weighted by atomic mass is 10.1. The van der Waals surface area contributed by atoms with Crippen LogP contribution in [0, 0.1) is 12.8 Å². The normalized spacial score (nSPS) is 16.7. The third-order valence-electron chi connectivity index (χ3n) is 3.76. The Bertz CT molecular complexity index is 540. The van der Waals surface area contributed by atoms with Crippen molar-refractivity contribution in [3.8, 4) is 0 Å². The van der Waals surface area contributed by atoms with Gasteiger partial charge in [0, 0.05) is 10.5 Å². The summed E-state index contributed by atoms with van der Waals surface area (Å²) >= 11 is 3.27. The van der Waals surface area contributed by atoms with Gasteiger partial charge in [-0.2, -0.15) is 13.2 Å². The van der Waals surface area contributed by atoms with E-state index in [1.165, 1.54) is 0 Å². The van der Waals surface area contributed by atoms with E-state index in [0.717, 1.165) is 23.3 Å². The molecule has 0 aliphatic heterocycles. The summed E-state index contributed by atoms with van der Waals surface area (Å²) < 4.78 is 38.9. The number of nitrogens with zero attached hydrogens (tertiary/aromatic N) is 1. The van der Waals surface area contributed by atoms with Crippen molar-refractivity contribution < 1.29 is 18.0 Å². The highest BCUT2D eigenvalue weighted by Crippen LogP contribution is 2.37. The molecule has 0 saturated heterocycles. The fourth-order valence-electron chi connectivity index (χ4n) is 2.38. The van der Waals surface area contributed by atoms with E-state index in [1.807, 2.05) is 6.92 Å².